The van der Waals surface area contributed by atoms with E-state index < -0.39 is 0 Å². The predicted molar refractivity (Wildman–Crippen MR) is 322 cm³/mol. The maximum Gasteiger partial charge on any atom is 0.0104 e. The predicted octanol–water partition coefficient (Wildman–Crippen LogP) is 21.1. The zero-order valence-corrected chi connectivity index (χ0v) is 50.6. The highest BCUT2D eigenvalue weighted by atomic mass is 15.2. The van der Waals surface area contributed by atoms with Crippen molar-refractivity contribution in [2.75, 3.05) is 0 Å². The Bertz CT molecular complexity index is 1730. The van der Waals surface area contributed by atoms with Gasteiger partial charge in [-0.2, -0.15) is 0 Å². The first-order valence-electron chi connectivity index (χ1n) is 37.1. The van der Waals surface area contributed by atoms with Crippen LogP contribution in [0.5, 0.6) is 0 Å². The summed E-state index contributed by atoms with van der Waals surface area (Å²) in [5, 5.41) is 0. The average Bonchev–Trinajstić information content (AvgIpc) is 3.84. The minimum absolute atomic E-state index is 0.574. The summed E-state index contributed by atoms with van der Waals surface area (Å²) >= 11 is 0. The molecule has 13 rings (SSSR count). The van der Waals surface area contributed by atoms with Gasteiger partial charge in [0.2, 0.25) is 0 Å². The fourth-order valence-electron chi connectivity index (χ4n) is 25.8. The Labute approximate surface area is 472 Å². The van der Waals surface area contributed by atoms with Crippen LogP contribution in [0.3, 0.4) is 0 Å². The minimum Gasteiger partial charge on any atom is -0.294 e. The molecule has 0 N–H and O–H groups in total. The lowest BCUT2D eigenvalue weighted by Crippen LogP contribution is -2.56. The number of hydrogen-bond acceptors (Lipinski definition) is 2. The summed E-state index contributed by atoms with van der Waals surface area (Å²) in [6, 6.07) is 5.38. The molecule has 2 nitrogen and oxygen atoms in total. The third-order valence-corrected chi connectivity index (χ3v) is 29.5. The Morgan fingerprint density at radius 3 is 0.882 bits per heavy atom. The second-order valence-corrected chi connectivity index (χ2v) is 32.6. The summed E-state index contributed by atoms with van der Waals surface area (Å²) in [4.78, 5) is 7.05. The molecule has 2 heteroatoms. The molecule has 0 amide bonds. The van der Waals surface area contributed by atoms with Crippen LogP contribution in [-0.2, 0) is 0 Å². The summed E-state index contributed by atoms with van der Waals surface area (Å²) < 4.78 is 0. The van der Waals surface area contributed by atoms with Gasteiger partial charge in [0, 0.05) is 36.3 Å². The lowest BCUT2D eigenvalue weighted by Gasteiger charge is -2.55. The van der Waals surface area contributed by atoms with Gasteiger partial charge >= 0.3 is 0 Å². The molecule has 13 atom stereocenters. The highest BCUT2D eigenvalue weighted by molar-refractivity contribution is 5.13. The number of rotatable bonds is 12. The molecule has 0 heterocycles. The molecule has 0 spiro atoms. The van der Waals surface area contributed by atoms with Gasteiger partial charge in [0.1, 0.15) is 0 Å². The standard InChI is InChI=1S/C74H126N2/c1-74(63-32-15-6-16-33-63)72-51-68(75(64-40-36-57(37-41-64)53-20-7-2-8-21-53)66-34-18-30-61(49-66)55-24-11-4-12-25-55)44-46-70(72)71-47-45-69(52-73(71)74)76(67-35-19-31-62(50-67)56-26-13-5-14-27-56)65-42-38-58(39-43-65)60-29-17-28-59(48-60)54-22-9-3-10-23-54/h53-73H,2-52H2,1H3. The van der Waals surface area contributed by atoms with Crippen LogP contribution >= 0.6 is 0 Å². The summed E-state index contributed by atoms with van der Waals surface area (Å²) in [5.74, 6) is 15.8. The molecule has 432 valence electrons. The maximum absolute atomic E-state index is 3.54. The lowest BCUT2D eigenvalue weighted by atomic mass is 9.56. The molecular formula is C74H126N2. The Kier molecular flexibility index (Phi) is 18.7. The molecule has 0 saturated heterocycles. The smallest absolute Gasteiger partial charge is 0.0104 e. The number of fused-ring (bicyclic) bond motifs is 3. The normalized spacial score (nSPS) is 45.7. The number of hydrogen-bond donors (Lipinski definition) is 0. The summed E-state index contributed by atoms with van der Waals surface area (Å²) in [6.07, 6.45) is 79.9. The minimum atomic E-state index is 0.574. The Balaban J connectivity index is 0.756. The third kappa shape index (κ3) is 11.9. The van der Waals surface area contributed by atoms with Gasteiger partial charge in [-0.3, -0.25) is 9.80 Å². The van der Waals surface area contributed by atoms with Crippen LogP contribution in [0.1, 0.15) is 334 Å². The zero-order chi connectivity index (χ0) is 50.8. The molecule has 0 aromatic carbocycles. The van der Waals surface area contributed by atoms with E-state index in [9.17, 15) is 0 Å². The van der Waals surface area contributed by atoms with Gasteiger partial charge in [0.25, 0.3) is 0 Å². The van der Waals surface area contributed by atoms with Crippen molar-refractivity contribution in [3.8, 4) is 0 Å². The fraction of sp³-hybridized carbons (Fsp3) is 1.00. The topological polar surface area (TPSA) is 6.48 Å². The molecular weight excluding hydrogens is 917 g/mol. The van der Waals surface area contributed by atoms with Gasteiger partial charge in [-0.25, -0.2) is 0 Å². The van der Waals surface area contributed by atoms with Crippen LogP contribution in [0.15, 0.2) is 0 Å². The van der Waals surface area contributed by atoms with Crippen LogP contribution in [-0.4, -0.2) is 46.1 Å². The lowest BCUT2D eigenvalue weighted by molar-refractivity contribution is -0.0568. The van der Waals surface area contributed by atoms with Crippen molar-refractivity contribution in [2.45, 2.75) is 371 Å². The first-order chi connectivity index (χ1) is 37.5. The Morgan fingerprint density at radius 2 is 0.487 bits per heavy atom. The number of nitrogens with zero attached hydrogens (tertiary/aromatic N) is 2. The molecule has 13 aliphatic rings. The van der Waals surface area contributed by atoms with Crippen LogP contribution < -0.4 is 0 Å². The van der Waals surface area contributed by atoms with E-state index in [0.29, 0.717) is 5.41 Å². The van der Waals surface area contributed by atoms with Crippen LogP contribution in [0.25, 0.3) is 0 Å². The van der Waals surface area contributed by atoms with Gasteiger partial charge < -0.3 is 0 Å². The van der Waals surface area contributed by atoms with Crippen molar-refractivity contribution in [1.82, 2.24) is 9.80 Å². The maximum atomic E-state index is 3.54. The van der Waals surface area contributed by atoms with E-state index in [-0.39, 0.29) is 0 Å². The largest absolute Gasteiger partial charge is 0.294 e. The second-order valence-electron chi connectivity index (χ2n) is 32.6. The van der Waals surface area contributed by atoms with E-state index >= 15 is 0 Å². The summed E-state index contributed by atoms with van der Waals surface area (Å²) in [5.41, 5.74) is 0.574. The molecule has 13 saturated carbocycles. The van der Waals surface area contributed by atoms with Gasteiger partial charge in [-0.05, 0) is 229 Å². The van der Waals surface area contributed by atoms with Gasteiger partial charge in [-0.1, -0.05) is 200 Å². The van der Waals surface area contributed by atoms with Crippen LogP contribution in [0.2, 0.25) is 0 Å². The van der Waals surface area contributed by atoms with E-state index in [0.717, 1.165) is 125 Å². The van der Waals surface area contributed by atoms with E-state index in [2.05, 4.69) is 16.7 Å². The molecule has 13 aliphatic carbocycles. The van der Waals surface area contributed by atoms with E-state index in [1.54, 1.807) is 257 Å². The molecule has 13 fully saturated rings. The summed E-state index contributed by atoms with van der Waals surface area (Å²) in [6.45, 7) is 3.09. The Morgan fingerprint density at radius 1 is 0.211 bits per heavy atom. The van der Waals surface area contributed by atoms with Crippen molar-refractivity contribution in [1.29, 1.82) is 0 Å². The van der Waals surface area contributed by atoms with E-state index in [1.165, 1.54) is 70.6 Å². The molecule has 0 aromatic rings. The van der Waals surface area contributed by atoms with Crippen LogP contribution in [0, 0.1) is 94.2 Å². The first kappa shape index (κ1) is 55.1. The molecule has 76 heavy (non-hydrogen) atoms. The highest BCUT2D eigenvalue weighted by Crippen LogP contribution is 2.69. The van der Waals surface area contributed by atoms with Gasteiger partial charge in [0.05, 0.1) is 0 Å². The summed E-state index contributed by atoms with van der Waals surface area (Å²) in [7, 11) is 0. The van der Waals surface area contributed by atoms with E-state index in [4.69, 9.17) is 0 Å². The molecule has 0 radical (unpaired) electrons. The first-order valence-corrected chi connectivity index (χ1v) is 37.1. The molecule has 0 bridgehead atoms. The third-order valence-electron chi connectivity index (χ3n) is 29.5. The van der Waals surface area contributed by atoms with Crippen molar-refractivity contribution in [2.24, 2.45) is 94.2 Å². The van der Waals surface area contributed by atoms with Gasteiger partial charge in [0.15, 0.2) is 0 Å². The SMILES string of the molecule is CC1(C2CCCCC2)C2CC(N(C3CCC(C4CCCCC4)CC3)C3CCCC(C4CCCCC4)C3)CCC2C2CCC(N(C3CCC(C4CCCC(C5CCCCC5)C4)CC3)C3CCCC(C4CCCCC4)C3)CC21. The Hall–Kier alpha value is -0.0800. The quantitative estimate of drug-likeness (QED) is 0.192. The van der Waals surface area contributed by atoms with Crippen molar-refractivity contribution in [3.05, 3.63) is 0 Å². The van der Waals surface area contributed by atoms with E-state index in [1.807, 2.05) is 0 Å². The zero-order valence-electron chi connectivity index (χ0n) is 50.6. The molecule has 0 aliphatic heterocycles. The van der Waals surface area contributed by atoms with Crippen molar-refractivity contribution >= 4 is 0 Å². The van der Waals surface area contributed by atoms with Crippen molar-refractivity contribution < 1.29 is 0 Å². The average molecular weight is 1040 g/mol. The van der Waals surface area contributed by atoms with Gasteiger partial charge in [-0.15, -0.1) is 0 Å². The molecule has 13 unspecified atom stereocenters. The van der Waals surface area contributed by atoms with Crippen molar-refractivity contribution in [3.63, 3.8) is 0 Å². The van der Waals surface area contributed by atoms with Crippen LogP contribution in [0.4, 0.5) is 0 Å². The molecule has 0 aromatic heterocycles. The second kappa shape index (κ2) is 25.8. The monoisotopic (exact) mass is 1040 g/mol. The highest BCUT2D eigenvalue weighted by Gasteiger charge is 2.63. The fourth-order valence-corrected chi connectivity index (χ4v) is 25.8.